The zero-order valence-electron chi connectivity index (χ0n) is 36.1. The van der Waals surface area contributed by atoms with Crippen LogP contribution in [0.25, 0.3) is 83.9 Å². The first kappa shape index (κ1) is 47.6. The molecule has 0 aliphatic carbocycles. The molecular weight excluding hydrogens is 802 g/mol. The molecule has 0 unspecified atom stereocenters. The number of benzene rings is 7. The van der Waals surface area contributed by atoms with Crippen LogP contribution in [0, 0.1) is 0 Å². The Morgan fingerprint density at radius 1 is 0.265 bits per heavy atom. The van der Waals surface area contributed by atoms with Crippen molar-refractivity contribution in [1.29, 1.82) is 0 Å². The van der Waals surface area contributed by atoms with Gasteiger partial charge in [-0.25, -0.2) is 15.0 Å². The van der Waals surface area contributed by atoms with E-state index in [2.05, 4.69) is 4.57 Å². The summed E-state index contributed by atoms with van der Waals surface area (Å²) in [7, 11) is 122. The number of hydrogen-bond acceptors (Lipinski definition) is 3. The molecule has 9 aromatic rings. The molecule has 0 bridgehead atoms. The minimum atomic E-state index is -0.124. The molecule has 0 saturated heterocycles. The van der Waals surface area contributed by atoms with Crippen LogP contribution in [0.4, 0.5) is 0 Å². The second-order valence-electron chi connectivity index (χ2n) is 16.2. The highest BCUT2D eigenvalue weighted by molar-refractivity contribution is 6.72. The van der Waals surface area contributed by atoms with Crippen LogP contribution >= 0.6 is 0 Å². The van der Waals surface area contributed by atoms with Crippen LogP contribution in [-0.4, -0.2) is 169 Å². The molecule has 9 rings (SSSR count). The topological polar surface area (TPSA) is 43.6 Å². The van der Waals surface area contributed by atoms with Crippen LogP contribution in [0.2, 0.25) is 0 Å². The summed E-state index contributed by atoms with van der Waals surface area (Å²) in [5.41, 5.74) is 3.95. The van der Waals surface area contributed by atoms with Crippen molar-refractivity contribution in [2.75, 3.05) is 0 Å². The van der Waals surface area contributed by atoms with E-state index in [0.29, 0.717) is 16.7 Å². The molecule has 2 heterocycles. The molecule has 0 aliphatic rings. The highest BCUT2D eigenvalue weighted by Gasteiger charge is 2.25. The molecular formula is C45H11B19N4. The van der Waals surface area contributed by atoms with Crippen molar-refractivity contribution >= 4 is 275 Å². The maximum Gasteiger partial charge on any atom is 0.164 e. The van der Waals surface area contributed by atoms with Crippen LogP contribution in [0.1, 0.15) is 0 Å². The van der Waals surface area contributed by atoms with Gasteiger partial charge in [-0.3, -0.25) is 0 Å². The van der Waals surface area contributed by atoms with Crippen molar-refractivity contribution in [3.63, 3.8) is 0 Å². The lowest BCUT2D eigenvalue weighted by atomic mass is 9.56. The fraction of sp³-hybridized carbons (Fsp3) is 0. The van der Waals surface area contributed by atoms with E-state index in [-0.39, 0.29) is 144 Å². The van der Waals surface area contributed by atoms with Crippen molar-refractivity contribution < 1.29 is 0 Å². The van der Waals surface area contributed by atoms with E-state index in [9.17, 15) is 0 Å². The zero-order chi connectivity index (χ0) is 49.1. The smallest absolute Gasteiger partial charge is 0.164 e. The number of rotatable bonds is 6. The quantitative estimate of drug-likeness (QED) is 0.157. The average molecular weight is 813 g/mol. The molecule has 0 N–H and O–H groups in total. The van der Waals surface area contributed by atoms with E-state index < -0.39 is 0 Å². The van der Waals surface area contributed by atoms with E-state index in [1.807, 2.05) is 66.7 Å². The second kappa shape index (κ2) is 17.5. The maximum absolute atomic E-state index is 6.86. The summed E-state index contributed by atoms with van der Waals surface area (Å²) in [5.74, 6) is -0.108. The van der Waals surface area contributed by atoms with E-state index in [1.54, 1.807) is 0 Å². The van der Waals surface area contributed by atoms with Crippen molar-refractivity contribution in [3.8, 4) is 62.1 Å². The van der Waals surface area contributed by atoms with Gasteiger partial charge in [-0.2, -0.15) is 0 Å². The summed E-state index contributed by atoms with van der Waals surface area (Å²) in [6, 6.07) is 21.1. The highest BCUT2D eigenvalue weighted by atomic mass is 15.0. The van der Waals surface area contributed by atoms with Crippen LogP contribution in [0.15, 0.2) is 66.7 Å². The van der Waals surface area contributed by atoms with Gasteiger partial charge in [0.15, 0.2) is 17.5 Å². The van der Waals surface area contributed by atoms with Gasteiger partial charge in [0.2, 0.25) is 0 Å². The summed E-state index contributed by atoms with van der Waals surface area (Å²) < 4.78 is 2.07. The molecule has 4 nitrogen and oxygen atoms in total. The second-order valence-corrected chi connectivity index (χ2v) is 16.2. The Morgan fingerprint density at radius 2 is 0.618 bits per heavy atom. The van der Waals surface area contributed by atoms with Crippen LogP contribution in [-0.2, 0) is 0 Å². The minimum absolute atomic E-state index is 0.00482. The Labute approximate surface area is 420 Å². The summed E-state index contributed by atoms with van der Waals surface area (Å²) in [6.07, 6.45) is 0. The molecule has 2 aromatic heterocycles. The van der Waals surface area contributed by atoms with E-state index >= 15 is 0 Å². The largest absolute Gasteiger partial charge is 0.309 e. The fourth-order valence-electron chi connectivity index (χ4n) is 8.61. The monoisotopic (exact) mass is 816 g/mol. The Balaban J connectivity index is 1.33. The molecule has 23 heteroatoms. The van der Waals surface area contributed by atoms with Gasteiger partial charge in [0.1, 0.15) is 149 Å². The molecule has 268 valence electrons. The third kappa shape index (κ3) is 7.22. The molecule has 68 heavy (non-hydrogen) atoms. The molecule has 7 aromatic carbocycles. The Kier molecular flexibility index (Phi) is 12.3. The maximum atomic E-state index is 6.86. The summed E-state index contributed by atoms with van der Waals surface area (Å²) in [5, 5.41) is 1.64. The third-order valence-electron chi connectivity index (χ3n) is 12.4. The molecule has 0 saturated carbocycles. The van der Waals surface area contributed by atoms with Gasteiger partial charge in [0, 0.05) is 33.2 Å². The Bertz CT molecular complexity index is 3570. The first-order valence-electron chi connectivity index (χ1n) is 20.4. The molecule has 0 atom stereocenters. The highest BCUT2D eigenvalue weighted by Crippen LogP contribution is 2.36. The lowest BCUT2D eigenvalue weighted by Gasteiger charge is -2.28. The summed E-state index contributed by atoms with van der Waals surface area (Å²) in [4.78, 5) is 14.6. The average Bonchev–Trinajstić information content (AvgIpc) is 3.66. The van der Waals surface area contributed by atoms with Crippen LogP contribution in [0.3, 0.4) is 0 Å². The normalized spacial score (nSPS) is 11.5. The minimum Gasteiger partial charge on any atom is -0.309 e. The number of para-hydroxylation sites is 1. The number of aromatic nitrogens is 4. The van der Waals surface area contributed by atoms with Crippen LogP contribution in [0.5, 0.6) is 0 Å². The van der Waals surface area contributed by atoms with E-state index in [1.165, 1.54) is 0 Å². The Hall–Kier alpha value is -5.42. The van der Waals surface area contributed by atoms with Gasteiger partial charge in [0.25, 0.3) is 0 Å². The van der Waals surface area contributed by atoms with Gasteiger partial charge < -0.3 is 4.57 Å². The number of hydrogen-bond donors (Lipinski definition) is 0. The van der Waals surface area contributed by atoms with Crippen molar-refractivity contribution in [2.45, 2.75) is 0 Å². The number of nitrogens with zero attached hydrogens (tertiary/aromatic N) is 4. The SMILES string of the molecule is [B]c1c([B])c([B])c(-c2ccc3c(c2)c2ccc(-c4nc(-c5c([B])c([B])c([B])c([B])c5[B])nc(-c5c([B])c([B])c(-c6c([B])c([B])c([B])c([B])c6[B])c([B])c5[B])n4)cc2n3-c2ccccc2)c([B])c1[B]. The molecule has 0 fully saturated rings. The van der Waals surface area contributed by atoms with Gasteiger partial charge >= 0.3 is 0 Å². The molecule has 0 amide bonds. The van der Waals surface area contributed by atoms with Gasteiger partial charge in [-0.1, -0.05) is 91.0 Å². The van der Waals surface area contributed by atoms with Crippen molar-refractivity contribution in [1.82, 2.24) is 19.5 Å². The van der Waals surface area contributed by atoms with Crippen molar-refractivity contribution in [3.05, 3.63) is 66.7 Å². The van der Waals surface area contributed by atoms with E-state index in [4.69, 9.17) is 164 Å². The molecule has 0 spiro atoms. The first-order valence-corrected chi connectivity index (χ1v) is 20.4. The molecule has 0 aliphatic heterocycles. The van der Waals surface area contributed by atoms with Crippen molar-refractivity contribution in [2.24, 2.45) is 0 Å². The third-order valence-corrected chi connectivity index (χ3v) is 12.4. The Morgan fingerprint density at radius 3 is 1.07 bits per heavy atom. The standard InChI is InChI=1S/C45H11B19N4/c46-24-19(25(47)35(57)40(62)34(24)56)12-7-9-17-16(10-12)15-8-6-13(11-18(15)68(17)14-4-2-1-3-5-14)43-65-44(67-45(66-43)23-32(54)38(60)42(64)39(61)33(23)55)22-30(52)26(48)20(27(49)31(22)53)21-28(50)36(58)41(63)37(59)29(21)51/h1-11H. The van der Waals surface area contributed by atoms with E-state index in [0.717, 1.165) is 27.5 Å². The summed E-state index contributed by atoms with van der Waals surface area (Å²) >= 11 is 0. The number of fused-ring (bicyclic) bond motifs is 3. The predicted molar refractivity (Wildman–Crippen MR) is 304 cm³/mol. The van der Waals surface area contributed by atoms with Gasteiger partial charge in [-0.05, 0) is 52.6 Å². The van der Waals surface area contributed by atoms with Gasteiger partial charge in [-0.15, -0.1) is 49.2 Å². The molecule has 38 radical (unpaired) electrons. The fourth-order valence-corrected chi connectivity index (χ4v) is 8.61. The lowest BCUT2D eigenvalue weighted by Crippen LogP contribution is -2.57. The lowest BCUT2D eigenvalue weighted by molar-refractivity contribution is 1.08. The summed E-state index contributed by atoms with van der Waals surface area (Å²) in [6.45, 7) is 0. The predicted octanol–water partition coefficient (Wildman–Crippen LogP) is -11.6. The first-order chi connectivity index (χ1) is 32.2. The zero-order valence-corrected chi connectivity index (χ0v) is 36.1. The van der Waals surface area contributed by atoms with Gasteiger partial charge in [0.05, 0.1) is 11.0 Å². The van der Waals surface area contributed by atoms with Crippen LogP contribution < -0.4 is 104 Å².